The maximum Gasteiger partial charge on any atom is 0.123 e. The summed E-state index contributed by atoms with van der Waals surface area (Å²) in [6.45, 7) is 4.67. The first kappa shape index (κ1) is 14.4. The SMILES string of the molecule is CC1CCC(Oc2cccc3c2CCCC3=NO)CC1C. The van der Waals surface area contributed by atoms with Crippen LogP contribution in [-0.4, -0.2) is 17.0 Å². The number of rotatable bonds is 2. The van der Waals surface area contributed by atoms with E-state index in [4.69, 9.17) is 9.94 Å². The van der Waals surface area contributed by atoms with E-state index in [0.29, 0.717) is 6.10 Å². The lowest BCUT2D eigenvalue weighted by Gasteiger charge is -2.33. The summed E-state index contributed by atoms with van der Waals surface area (Å²) in [5.41, 5.74) is 3.09. The van der Waals surface area contributed by atoms with E-state index in [2.05, 4.69) is 25.1 Å². The van der Waals surface area contributed by atoms with Crippen LogP contribution in [0.25, 0.3) is 0 Å². The van der Waals surface area contributed by atoms with Crippen molar-refractivity contribution in [2.24, 2.45) is 17.0 Å². The predicted molar refractivity (Wildman–Crippen MR) is 84.3 cm³/mol. The lowest BCUT2D eigenvalue weighted by molar-refractivity contribution is 0.0996. The van der Waals surface area contributed by atoms with E-state index in [0.717, 1.165) is 61.0 Å². The Hall–Kier alpha value is -1.51. The van der Waals surface area contributed by atoms with Gasteiger partial charge in [0.2, 0.25) is 0 Å². The molecule has 2 aliphatic carbocycles. The van der Waals surface area contributed by atoms with Gasteiger partial charge in [0.15, 0.2) is 0 Å². The summed E-state index contributed by atoms with van der Waals surface area (Å²) in [5, 5.41) is 12.6. The van der Waals surface area contributed by atoms with E-state index >= 15 is 0 Å². The molecule has 3 atom stereocenters. The molecule has 1 aromatic carbocycles. The first-order valence-electron chi connectivity index (χ1n) is 8.19. The van der Waals surface area contributed by atoms with Crippen LogP contribution in [0.1, 0.15) is 57.1 Å². The quantitative estimate of drug-likeness (QED) is 0.647. The van der Waals surface area contributed by atoms with Crippen LogP contribution in [0.3, 0.4) is 0 Å². The van der Waals surface area contributed by atoms with Crippen molar-refractivity contribution in [1.29, 1.82) is 0 Å². The van der Waals surface area contributed by atoms with Crippen molar-refractivity contribution in [3.05, 3.63) is 29.3 Å². The Balaban J connectivity index is 1.80. The van der Waals surface area contributed by atoms with Crippen molar-refractivity contribution in [3.8, 4) is 5.75 Å². The van der Waals surface area contributed by atoms with Gasteiger partial charge in [-0.25, -0.2) is 0 Å². The lowest BCUT2D eigenvalue weighted by Crippen LogP contribution is -2.29. The molecule has 3 heteroatoms. The van der Waals surface area contributed by atoms with Gasteiger partial charge in [0.05, 0.1) is 11.8 Å². The van der Waals surface area contributed by atoms with Gasteiger partial charge < -0.3 is 9.94 Å². The normalized spacial score (nSPS) is 31.0. The van der Waals surface area contributed by atoms with Gasteiger partial charge >= 0.3 is 0 Å². The van der Waals surface area contributed by atoms with Crippen LogP contribution in [-0.2, 0) is 6.42 Å². The van der Waals surface area contributed by atoms with Crippen LogP contribution in [0.4, 0.5) is 0 Å². The van der Waals surface area contributed by atoms with Crippen molar-refractivity contribution in [3.63, 3.8) is 0 Å². The Labute approximate surface area is 127 Å². The monoisotopic (exact) mass is 287 g/mol. The molecule has 1 aromatic rings. The van der Waals surface area contributed by atoms with Gasteiger partial charge in [-0.15, -0.1) is 0 Å². The Morgan fingerprint density at radius 3 is 2.76 bits per heavy atom. The summed E-state index contributed by atoms with van der Waals surface area (Å²) in [4.78, 5) is 0. The third-order valence-electron chi connectivity index (χ3n) is 5.25. The highest BCUT2D eigenvalue weighted by Crippen LogP contribution is 2.35. The van der Waals surface area contributed by atoms with Crippen molar-refractivity contribution in [2.45, 2.75) is 58.5 Å². The van der Waals surface area contributed by atoms with Gasteiger partial charge in [-0.3, -0.25) is 0 Å². The largest absolute Gasteiger partial charge is 0.490 e. The highest BCUT2D eigenvalue weighted by molar-refractivity contribution is 6.02. The molecule has 3 rings (SSSR count). The first-order valence-corrected chi connectivity index (χ1v) is 8.19. The van der Waals surface area contributed by atoms with E-state index in [9.17, 15) is 0 Å². The molecule has 0 aromatic heterocycles. The molecule has 0 aliphatic heterocycles. The highest BCUT2D eigenvalue weighted by atomic mass is 16.5. The molecule has 0 heterocycles. The van der Waals surface area contributed by atoms with Crippen molar-refractivity contribution < 1.29 is 9.94 Å². The van der Waals surface area contributed by atoms with Crippen molar-refractivity contribution in [1.82, 2.24) is 0 Å². The number of ether oxygens (including phenoxy) is 1. The Morgan fingerprint density at radius 2 is 2.00 bits per heavy atom. The molecule has 1 fully saturated rings. The van der Waals surface area contributed by atoms with Gasteiger partial charge in [-0.05, 0) is 56.4 Å². The second-order valence-corrected chi connectivity index (χ2v) is 6.69. The van der Waals surface area contributed by atoms with E-state index in [1.165, 1.54) is 12.0 Å². The molecule has 2 aliphatic rings. The highest BCUT2D eigenvalue weighted by Gasteiger charge is 2.27. The fraction of sp³-hybridized carbons (Fsp3) is 0.611. The average Bonchev–Trinajstić information content (AvgIpc) is 2.51. The van der Waals surface area contributed by atoms with Crippen LogP contribution >= 0.6 is 0 Å². The second-order valence-electron chi connectivity index (χ2n) is 6.69. The number of hydrogen-bond donors (Lipinski definition) is 1. The average molecular weight is 287 g/mol. The minimum Gasteiger partial charge on any atom is -0.490 e. The molecule has 0 amide bonds. The minimum atomic E-state index is 0.333. The maximum atomic E-state index is 9.16. The number of oxime groups is 1. The Kier molecular flexibility index (Phi) is 4.18. The molecule has 0 radical (unpaired) electrons. The summed E-state index contributed by atoms with van der Waals surface area (Å²) in [5.74, 6) is 2.54. The zero-order valence-corrected chi connectivity index (χ0v) is 13.0. The van der Waals surface area contributed by atoms with Crippen molar-refractivity contribution >= 4 is 5.71 Å². The first-order chi connectivity index (χ1) is 10.2. The Bertz CT molecular complexity index is 538. The van der Waals surface area contributed by atoms with Gasteiger partial charge in [0.1, 0.15) is 5.75 Å². The number of benzene rings is 1. The molecule has 1 N–H and O–H groups in total. The van der Waals surface area contributed by atoms with Crippen LogP contribution in [0.2, 0.25) is 0 Å². The molecular formula is C18H25NO2. The molecule has 21 heavy (non-hydrogen) atoms. The molecule has 0 spiro atoms. The molecule has 0 saturated heterocycles. The summed E-state index contributed by atoms with van der Waals surface area (Å²) >= 11 is 0. The summed E-state index contributed by atoms with van der Waals surface area (Å²) in [7, 11) is 0. The van der Waals surface area contributed by atoms with E-state index in [1.807, 2.05) is 12.1 Å². The minimum absolute atomic E-state index is 0.333. The molecular weight excluding hydrogens is 262 g/mol. The standard InChI is InChI=1S/C18H25NO2/c1-12-9-10-14(11-13(12)2)21-18-8-4-5-15-16(18)6-3-7-17(15)19-20/h4-5,8,12-14,20H,3,6-7,9-11H2,1-2H3. The fourth-order valence-electron chi connectivity index (χ4n) is 3.66. The molecule has 3 nitrogen and oxygen atoms in total. The van der Waals surface area contributed by atoms with Crippen LogP contribution in [0, 0.1) is 11.8 Å². The number of fused-ring (bicyclic) bond motifs is 1. The maximum absolute atomic E-state index is 9.16. The second kappa shape index (κ2) is 6.08. The van der Waals surface area contributed by atoms with Gasteiger partial charge in [0.25, 0.3) is 0 Å². The zero-order chi connectivity index (χ0) is 14.8. The topological polar surface area (TPSA) is 41.8 Å². The van der Waals surface area contributed by atoms with Crippen LogP contribution in [0.5, 0.6) is 5.75 Å². The third-order valence-corrected chi connectivity index (χ3v) is 5.25. The molecule has 114 valence electrons. The summed E-state index contributed by atoms with van der Waals surface area (Å²) in [6, 6.07) is 6.13. The molecule has 1 saturated carbocycles. The van der Waals surface area contributed by atoms with Crippen LogP contribution < -0.4 is 4.74 Å². The predicted octanol–water partition coefficient (Wildman–Crippen LogP) is 4.40. The van der Waals surface area contributed by atoms with Gasteiger partial charge in [-0.1, -0.05) is 31.1 Å². The van der Waals surface area contributed by atoms with E-state index in [-0.39, 0.29) is 0 Å². The van der Waals surface area contributed by atoms with E-state index in [1.54, 1.807) is 0 Å². The van der Waals surface area contributed by atoms with Crippen molar-refractivity contribution in [2.75, 3.05) is 0 Å². The fourth-order valence-corrected chi connectivity index (χ4v) is 3.66. The lowest BCUT2D eigenvalue weighted by atomic mass is 9.80. The number of hydrogen-bond acceptors (Lipinski definition) is 3. The molecule has 3 unspecified atom stereocenters. The summed E-state index contributed by atoms with van der Waals surface area (Å²) in [6.07, 6.45) is 6.78. The van der Waals surface area contributed by atoms with Crippen LogP contribution in [0.15, 0.2) is 23.4 Å². The Morgan fingerprint density at radius 1 is 1.14 bits per heavy atom. The van der Waals surface area contributed by atoms with Gasteiger partial charge in [-0.2, -0.15) is 0 Å². The number of nitrogens with zero attached hydrogens (tertiary/aromatic N) is 1. The third kappa shape index (κ3) is 2.92. The molecule has 0 bridgehead atoms. The zero-order valence-electron chi connectivity index (χ0n) is 13.0. The smallest absolute Gasteiger partial charge is 0.123 e. The summed E-state index contributed by atoms with van der Waals surface area (Å²) < 4.78 is 6.33. The van der Waals surface area contributed by atoms with E-state index < -0.39 is 0 Å². The van der Waals surface area contributed by atoms with Gasteiger partial charge in [0, 0.05) is 11.1 Å².